The summed E-state index contributed by atoms with van der Waals surface area (Å²) in [6.07, 6.45) is 1.61. The zero-order chi connectivity index (χ0) is 9.68. The van der Waals surface area contributed by atoms with Crippen LogP contribution in [0.5, 0.6) is 0 Å². The lowest BCUT2D eigenvalue weighted by Crippen LogP contribution is -2.29. The van der Waals surface area contributed by atoms with Crippen LogP contribution in [0.15, 0.2) is 23.1 Å². The molecule has 0 saturated carbocycles. The monoisotopic (exact) mass is 182 g/mol. The molecular formula is C9H14N2O2. The maximum atomic E-state index is 10.9. The Bertz CT molecular complexity index is 308. The van der Waals surface area contributed by atoms with Crippen molar-refractivity contribution in [3.05, 3.63) is 34.2 Å². The number of hydrogen-bond donors (Lipinski definition) is 3. The van der Waals surface area contributed by atoms with Crippen LogP contribution >= 0.6 is 0 Å². The molecule has 1 aromatic heterocycles. The van der Waals surface area contributed by atoms with Crippen LogP contribution < -0.4 is 10.9 Å². The number of pyridine rings is 1. The minimum Gasteiger partial charge on any atom is -0.395 e. The summed E-state index contributed by atoms with van der Waals surface area (Å²) in [4.78, 5) is 13.4. The van der Waals surface area contributed by atoms with Crippen molar-refractivity contribution in [2.45, 2.75) is 19.5 Å². The average molecular weight is 182 g/mol. The number of aromatic nitrogens is 1. The van der Waals surface area contributed by atoms with Crippen molar-refractivity contribution in [2.24, 2.45) is 0 Å². The van der Waals surface area contributed by atoms with Crippen molar-refractivity contribution in [3.63, 3.8) is 0 Å². The van der Waals surface area contributed by atoms with Gasteiger partial charge >= 0.3 is 0 Å². The van der Waals surface area contributed by atoms with Crippen molar-refractivity contribution in [3.8, 4) is 0 Å². The Labute approximate surface area is 76.6 Å². The van der Waals surface area contributed by atoms with E-state index in [0.717, 1.165) is 5.56 Å². The molecule has 1 unspecified atom stereocenters. The number of H-pyrrole nitrogens is 1. The number of hydrogen-bond acceptors (Lipinski definition) is 3. The fourth-order valence-electron chi connectivity index (χ4n) is 0.956. The Balaban J connectivity index is 2.50. The molecule has 72 valence electrons. The van der Waals surface area contributed by atoms with E-state index in [4.69, 9.17) is 5.11 Å². The van der Waals surface area contributed by atoms with Crippen molar-refractivity contribution in [1.82, 2.24) is 10.3 Å². The van der Waals surface area contributed by atoms with E-state index < -0.39 is 0 Å². The lowest BCUT2D eigenvalue weighted by molar-refractivity contribution is 0.251. The minimum atomic E-state index is -0.101. The first-order valence-corrected chi connectivity index (χ1v) is 4.24. The van der Waals surface area contributed by atoms with Gasteiger partial charge in [0.05, 0.1) is 6.61 Å². The molecule has 4 heteroatoms. The van der Waals surface area contributed by atoms with Crippen LogP contribution in [0.4, 0.5) is 0 Å². The third-order valence-electron chi connectivity index (χ3n) is 1.77. The fraction of sp³-hybridized carbons (Fsp3) is 0.444. The van der Waals surface area contributed by atoms with Crippen molar-refractivity contribution in [1.29, 1.82) is 0 Å². The molecule has 0 amide bonds. The molecule has 0 bridgehead atoms. The molecule has 3 N–H and O–H groups in total. The number of aliphatic hydroxyl groups excluding tert-OH is 1. The normalized spacial score (nSPS) is 12.8. The van der Waals surface area contributed by atoms with Gasteiger partial charge in [0.2, 0.25) is 5.56 Å². The highest BCUT2D eigenvalue weighted by Crippen LogP contribution is 1.92. The lowest BCUT2D eigenvalue weighted by atomic mass is 10.2. The van der Waals surface area contributed by atoms with E-state index in [2.05, 4.69) is 10.3 Å². The molecule has 0 fully saturated rings. The van der Waals surface area contributed by atoms with E-state index in [9.17, 15) is 4.79 Å². The quantitative estimate of drug-likeness (QED) is 0.606. The van der Waals surface area contributed by atoms with Crippen LogP contribution in [0.2, 0.25) is 0 Å². The van der Waals surface area contributed by atoms with Gasteiger partial charge in [-0.2, -0.15) is 0 Å². The molecule has 0 aliphatic carbocycles. The smallest absolute Gasteiger partial charge is 0.248 e. The van der Waals surface area contributed by atoms with Crippen LogP contribution in [0.1, 0.15) is 12.5 Å². The predicted molar refractivity (Wildman–Crippen MR) is 50.5 cm³/mol. The highest BCUT2D eigenvalue weighted by atomic mass is 16.3. The minimum absolute atomic E-state index is 0.0549. The van der Waals surface area contributed by atoms with Gasteiger partial charge in [0, 0.05) is 24.8 Å². The fourth-order valence-corrected chi connectivity index (χ4v) is 0.956. The Kier molecular flexibility index (Phi) is 3.67. The van der Waals surface area contributed by atoms with Gasteiger partial charge in [-0.15, -0.1) is 0 Å². The van der Waals surface area contributed by atoms with E-state index in [1.807, 2.05) is 13.0 Å². The van der Waals surface area contributed by atoms with E-state index in [1.165, 1.54) is 6.07 Å². The Hall–Kier alpha value is -1.13. The molecular weight excluding hydrogens is 168 g/mol. The highest BCUT2D eigenvalue weighted by molar-refractivity contribution is 5.09. The van der Waals surface area contributed by atoms with Crippen molar-refractivity contribution >= 4 is 0 Å². The maximum absolute atomic E-state index is 10.9. The molecule has 0 aromatic carbocycles. The number of rotatable bonds is 4. The summed E-state index contributed by atoms with van der Waals surface area (Å²) in [6.45, 7) is 2.59. The summed E-state index contributed by atoms with van der Waals surface area (Å²) in [5.74, 6) is 0. The van der Waals surface area contributed by atoms with E-state index in [0.29, 0.717) is 6.54 Å². The topological polar surface area (TPSA) is 65.1 Å². The second kappa shape index (κ2) is 4.79. The molecule has 0 saturated heterocycles. The standard InChI is InChI=1S/C9H14N2O2/c1-7(6-12)11-5-8-2-3-10-9(13)4-8/h2-4,7,11-12H,5-6H2,1H3,(H,10,13). The van der Waals surface area contributed by atoms with E-state index >= 15 is 0 Å². The second-order valence-electron chi connectivity index (χ2n) is 3.03. The van der Waals surface area contributed by atoms with Gasteiger partial charge < -0.3 is 15.4 Å². The number of nitrogens with one attached hydrogen (secondary N) is 2. The van der Waals surface area contributed by atoms with Gasteiger partial charge in [-0.1, -0.05) is 0 Å². The Morgan fingerprint density at radius 2 is 2.46 bits per heavy atom. The van der Waals surface area contributed by atoms with Gasteiger partial charge in [-0.25, -0.2) is 0 Å². The van der Waals surface area contributed by atoms with Crippen LogP contribution in [-0.2, 0) is 6.54 Å². The van der Waals surface area contributed by atoms with Gasteiger partial charge in [0.25, 0.3) is 0 Å². The van der Waals surface area contributed by atoms with Crippen LogP contribution in [-0.4, -0.2) is 22.7 Å². The SMILES string of the molecule is CC(CO)NCc1cc[nH]c(=O)c1. The first-order valence-electron chi connectivity index (χ1n) is 4.24. The zero-order valence-corrected chi connectivity index (χ0v) is 7.58. The summed E-state index contributed by atoms with van der Waals surface area (Å²) in [5.41, 5.74) is 0.819. The first kappa shape index (κ1) is 9.95. The largest absolute Gasteiger partial charge is 0.395 e. The molecule has 0 radical (unpaired) electrons. The van der Waals surface area contributed by atoms with Gasteiger partial charge in [-0.3, -0.25) is 4.79 Å². The predicted octanol–water partition coefficient (Wildman–Crippen LogP) is -0.155. The van der Waals surface area contributed by atoms with E-state index in [-0.39, 0.29) is 18.2 Å². The van der Waals surface area contributed by atoms with Gasteiger partial charge in [0.1, 0.15) is 0 Å². The molecule has 1 heterocycles. The molecule has 0 aliphatic heterocycles. The van der Waals surface area contributed by atoms with Crippen LogP contribution in [0.25, 0.3) is 0 Å². The third kappa shape index (κ3) is 3.40. The van der Waals surface area contributed by atoms with Crippen LogP contribution in [0.3, 0.4) is 0 Å². The Morgan fingerprint density at radius 1 is 1.69 bits per heavy atom. The third-order valence-corrected chi connectivity index (χ3v) is 1.77. The number of aliphatic hydroxyl groups is 1. The van der Waals surface area contributed by atoms with Crippen molar-refractivity contribution in [2.75, 3.05) is 6.61 Å². The molecule has 0 spiro atoms. The molecule has 1 atom stereocenters. The first-order chi connectivity index (χ1) is 6.22. The number of aromatic amines is 1. The zero-order valence-electron chi connectivity index (χ0n) is 7.58. The summed E-state index contributed by atoms with van der Waals surface area (Å²) in [7, 11) is 0. The van der Waals surface area contributed by atoms with E-state index in [1.54, 1.807) is 6.20 Å². The molecule has 0 aliphatic rings. The van der Waals surface area contributed by atoms with Gasteiger partial charge in [0.15, 0.2) is 0 Å². The highest BCUT2D eigenvalue weighted by Gasteiger charge is 1.98. The summed E-state index contributed by atoms with van der Waals surface area (Å²) in [5, 5.41) is 11.8. The van der Waals surface area contributed by atoms with Gasteiger partial charge in [-0.05, 0) is 18.6 Å². The maximum Gasteiger partial charge on any atom is 0.248 e. The lowest BCUT2D eigenvalue weighted by Gasteiger charge is -2.09. The Morgan fingerprint density at radius 3 is 3.08 bits per heavy atom. The average Bonchev–Trinajstić information content (AvgIpc) is 2.14. The summed E-state index contributed by atoms with van der Waals surface area (Å²) < 4.78 is 0. The van der Waals surface area contributed by atoms with Crippen molar-refractivity contribution < 1.29 is 5.11 Å². The molecule has 1 aromatic rings. The van der Waals surface area contributed by atoms with Crippen LogP contribution in [0, 0.1) is 0 Å². The molecule has 13 heavy (non-hydrogen) atoms. The second-order valence-corrected chi connectivity index (χ2v) is 3.03. The summed E-state index contributed by atoms with van der Waals surface area (Å²) in [6, 6.07) is 3.43. The summed E-state index contributed by atoms with van der Waals surface area (Å²) >= 11 is 0. The molecule has 4 nitrogen and oxygen atoms in total. The molecule has 1 rings (SSSR count).